The summed E-state index contributed by atoms with van der Waals surface area (Å²) in [5.41, 5.74) is 1.98. The molecule has 1 fully saturated rings. The Hall–Kier alpha value is -3.86. The van der Waals surface area contributed by atoms with E-state index in [4.69, 9.17) is 19.3 Å². The summed E-state index contributed by atoms with van der Waals surface area (Å²) in [6.07, 6.45) is 0.284. The largest absolute Gasteiger partial charge is 0.497 e. The molecule has 29 heavy (non-hydrogen) atoms. The van der Waals surface area contributed by atoms with E-state index in [-0.39, 0.29) is 18.2 Å². The molecule has 1 aliphatic rings. The fourth-order valence-corrected chi connectivity index (χ4v) is 3.28. The molecule has 3 aromatic rings. The molecule has 0 aliphatic carbocycles. The number of rotatable bonds is 5. The zero-order valence-corrected chi connectivity index (χ0v) is 16.0. The summed E-state index contributed by atoms with van der Waals surface area (Å²) in [4.78, 5) is 18.8. The minimum Gasteiger partial charge on any atom is -0.497 e. The molecule has 2 heterocycles. The zero-order valence-electron chi connectivity index (χ0n) is 16.0. The van der Waals surface area contributed by atoms with Crippen molar-refractivity contribution < 1.29 is 18.8 Å². The summed E-state index contributed by atoms with van der Waals surface area (Å²) in [5, 5.41) is 13.0. The van der Waals surface area contributed by atoms with Gasteiger partial charge in [-0.05, 0) is 24.3 Å². The van der Waals surface area contributed by atoms with Crippen LogP contribution in [0.1, 0.15) is 23.7 Å². The number of nitriles is 1. The molecule has 146 valence electrons. The Balaban J connectivity index is 1.55. The van der Waals surface area contributed by atoms with Crippen molar-refractivity contribution in [2.75, 3.05) is 25.7 Å². The predicted octanol–water partition coefficient (Wildman–Crippen LogP) is 3.15. The predicted molar refractivity (Wildman–Crippen MR) is 104 cm³/mol. The van der Waals surface area contributed by atoms with Crippen LogP contribution in [-0.2, 0) is 4.79 Å². The monoisotopic (exact) mass is 390 g/mol. The number of benzene rings is 2. The van der Waals surface area contributed by atoms with Gasteiger partial charge < -0.3 is 18.9 Å². The Morgan fingerprint density at radius 2 is 1.83 bits per heavy atom. The van der Waals surface area contributed by atoms with Crippen LogP contribution < -0.4 is 14.4 Å². The molecule has 1 aliphatic heterocycles. The van der Waals surface area contributed by atoms with E-state index >= 15 is 0 Å². The topological polar surface area (TPSA) is 101 Å². The van der Waals surface area contributed by atoms with Crippen molar-refractivity contribution in [2.24, 2.45) is 0 Å². The fraction of sp³-hybridized carbons (Fsp3) is 0.238. The first kappa shape index (κ1) is 18.5. The average Bonchev–Trinajstić information content (AvgIpc) is 3.40. The minimum atomic E-state index is -0.185. The number of hydrogen-bond donors (Lipinski definition) is 0. The van der Waals surface area contributed by atoms with E-state index in [9.17, 15) is 4.79 Å². The van der Waals surface area contributed by atoms with Crippen LogP contribution in [0.3, 0.4) is 0 Å². The summed E-state index contributed by atoms with van der Waals surface area (Å²) in [6.45, 7) is 0.432. The molecular weight excluding hydrogens is 372 g/mol. The number of anilines is 1. The minimum absolute atomic E-state index is 0.0324. The van der Waals surface area contributed by atoms with Crippen LogP contribution in [0.15, 0.2) is 47.0 Å². The third-order valence-corrected chi connectivity index (χ3v) is 4.84. The van der Waals surface area contributed by atoms with Crippen molar-refractivity contribution in [3.63, 3.8) is 0 Å². The Bertz CT molecular complexity index is 1060. The number of carbonyl (C=O) groups excluding carboxylic acids is 1. The Labute approximate surface area is 167 Å². The molecule has 1 aromatic heterocycles. The number of nitrogens with zero attached hydrogens (tertiary/aromatic N) is 4. The van der Waals surface area contributed by atoms with E-state index in [1.807, 2.05) is 0 Å². The van der Waals surface area contributed by atoms with Crippen molar-refractivity contribution >= 4 is 11.6 Å². The molecule has 1 atom stereocenters. The van der Waals surface area contributed by atoms with Crippen LogP contribution >= 0.6 is 0 Å². The number of amides is 1. The molecule has 8 heteroatoms. The van der Waals surface area contributed by atoms with E-state index < -0.39 is 0 Å². The lowest BCUT2D eigenvalue weighted by atomic mass is 10.1. The van der Waals surface area contributed by atoms with E-state index in [0.717, 1.165) is 5.56 Å². The summed E-state index contributed by atoms with van der Waals surface area (Å²) in [7, 11) is 3.13. The molecule has 0 N–H and O–H groups in total. The number of aromatic nitrogens is 2. The van der Waals surface area contributed by atoms with Gasteiger partial charge in [-0.2, -0.15) is 10.2 Å². The van der Waals surface area contributed by atoms with Crippen LogP contribution in [-0.4, -0.2) is 36.8 Å². The van der Waals surface area contributed by atoms with Gasteiger partial charge in [-0.25, -0.2) is 0 Å². The SMILES string of the molecule is COc1cc(OC)cc(N2CC(c3noc(-c4ccc(C#N)cc4)n3)CC2=O)c1. The highest BCUT2D eigenvalue weighted by Gasteiger charge is 2.35. The van der Waals surface area contributed by atoms with Gasteiger partial charge in [-0.15, -0.1) is 0 Å². The smallest absolute Gasteiger partial charge is 0.257 e. The van der Waals surface area contributed by atoms with Gasteiger partial charge in [0.1, 0.15) is 11.5 Å². The number of hydrogen-bond acceptors (Lipinski definition) is 7. The molecule has 0 spiro atoms. The van der Waals surface area contributed by atoms with E-state index in [2.05, 4.69) is 16.2 Å². The maximum atomic E-state index is 12.6. The maximum absolute atomic E-state index is 12.6. The van der Waals surface area contributed by atoms with Gasteiger partial charge in [0, 0.05) is 42.6 Å². The number of methoxy groups -OCH3 is 2. The van der Waals surface area contributed by atoms with Crippen LogP contribution in [0.4, 0.5) is 5.69 Å². The lowest BCUT2D eigenvalue weighted by Gasteiger charge is -2.18. The first-order valence-electron chi connectivity index (χ1n) is 8.99. The molecule has 1 unspecified atom stereocenters. The zero-order chi connectivity index (χ0) is 20.4. The van der Waals surface area contributed by atoms with Crippen molar-refractivity contribution in [3.8, 4) is 29.0 Å². The molecule has 0 saturated carbocycles. The third kappa shape index (κ3) is 3.62. The fourth-order valence-electron chi connectivity index (χ4n) is 3.28. The third-order valence-electron chi connectivity index (χ3n) is 4.84. The van der Waals surface area contributed by atoms with Crippen molar-refractivity contribution in [2.45, 2.75) is 12.3 Å². The van der Waals surface area contributed by atoms with Gasteiger partial charge in [0.25, 0.3) is 5.89 Å². The summed E-state index contributed by atoms with van der Waals surface area (Å²) in [6, 6.07) is 14.3. The molecule has 2 aromatic carbocycles. The second-order valence-corrected chi connectivity index (χ2v) is 6.62. The molecule has 4 rings (SSSR count). The van der Waals surface area contributed by atoms with Gasteiger partial charge >= 0.3 is 0 Å². The molecular formula is C21H18N4O4. The Morgan fingerprint density at radius 3 is 2.45 bits per heavy atom. The van der Waals surface area contributed by atoms with Gasteiger partial charge in [0.05, 0.1) is 31.5 Å². The number of carbonyl (C=O) groups is 1. The standard InChI is InChI=1S/C21H18N4O4/c1-27-17-8-16(9-18(10-17)28-2)25-12-15(7-19(25)26)20-23-21(29-24-20)14-5-3-13(11-22)4-6-14/h3-6,8-10,15H,7,12H2,1-2H3. The molecule has 0 radical (unpaired) electrons. The Morgan fingerprint density at radius 1 is 1.14 bits per heavy atom. The van der Waals surface area contributed by atoms with Crippen molar-refractivity contribution in [1.29, 1.82) is 5.26 Å². The van der Waals surface area contributed by atoms with Crippen LogP contribution in [0.5, 0.6) is 11.5 Å². The van der Waals surface area contributed by atoms with Gasteiger partial charge in [-0.3, -0.25) is 4.79 Å². The van der Waals surface area contributed by atoms with E-state index in [1.54, 1.807) is 61.6 Å². The van der Waals surface area contributed by atoms with Crippen molar-refractivity contribution in [1.82, 2.24) is 10.1 Å². The average molecular weight is 390 g/mol. The van der Waals surface area contributed by atoms with E-state index in [1.165, 1.54) is 0 Å². The first-order valence-corrected chi connectivity index (χ1v) is 8.99. The Kier molecular flexibility index (Phi) is 4.87. The highest BCUT2D eigenvalue weighted by molar-refractivity contribution is 5.96. The lowest BCUT2D eigenvalue weighted by molar-refractivity contribution is -0.117. The van der Waals surface area contributed by atoms with Gasteiger partial charge in [-0.1, -0.05) is 5.16 Å². The highest BCUT2D eigenvalue weighted by atomic mass is 16.5. The van der Waals surface area contributed by atoms with Crippen LogP contribution in [0.25, 0.3) is 11.5 Å². The van der Waals surface area contributed by atoms with Crippen molar-refractivity contribution in [3.05, 3.63) is 53.9 Å². The number of ether oxygens (including phenoxy) is 2. The molecule has 8 nitrogen and oxygen atoms in total. The summed E-state index contributed by atoms with van der Waals surface area (Å²) >= 11 is 0. The summed E-state index contributed by atoms with van der Waals surface area (Å²) < 4.78 is 16.0. The maximum Gasteiger partial charge on any atom is 0.257 e. The summed E-state index contributed by atoms with van der Waals surface area (Å²) in [5.74, 6) is 1.84. The normalized spacial score (nSPS) is 16.0. The lowest BCUT2D eigenvalue weighted by Crippen LogP contribution is -2.24. The van der Waals surface area contributed by atoms with Crippen LogP contribution in [0.2, 0.25) is 0 Å². The molecule has 1 saturated heterocycles. The second-order valence-electron chi connectivity index (χ2n) is 6.62. The van der Waals surface area contributed by atoms with E-state index in [0.29, 0.717) is 41.0 Å². The van der Waals surface area contributed by atoms with Gasteiger partial charge in [0.2, 0.25) is 5.91 Å². The molecule has 0 bridgehead atoms. The quantitative estimate of drug-likeness (QED) is 0.659. The van der Waals surface area contributed by atoms with Gasteiger partial charge in [0.15, 0.2) is 5.82 Å². The second kappa shape index (κ2) is 7.64. The highest BCUT2D eigenvalue weighted by Crippen LogP contribution is 2.35. The molecule has 1 amide bonds. The van der Waals surface area contributed by atoms with Crippen LogP contribution in [0, 0.1) is 11.3 Å². The first-order chi connectivity index (χ1) is 14.1.